The van der Waals surface area contributed by atoms with E-state index in [2.05, 4.69) is 5.32 Å². The maximum atomic E-state index is 12.5. The molecule has 6 heteroatoms. The average Bonchev–Trinajstić information content (AvgIpc) is 2.13. The van der Waals surface area contributed by atoms with Crippen molar-refractivity contribution in [2.45, 2.75) is 11.7 Å². The van der Waals surface area contributed by atoms with Crippen LogP contribution in [0.5, 0.6) is 0 Å². The fourth-order valence-corrected chi connectivity index (χ4v) is 1.97. The predicted molar refractivity (Wildman–Crippen MR) is 55.2 cm³/mol. The van der Waals surface area contributed by atoms with Crippen LogP contribution in [0.4, 0.5) is 13.2 Å². The Hall–Kier alpha value is -0.780. The third-order valence-electron chi connectivity index (χ3n) is 2.71. The van der Waals surface area contributed by atoms with Crippen molar-refractivity contribution in [1.29, 1.82) is 0 Å². The van der Waals surface area contributed by atoms with Gasteiger partial charge in [-0.15, -0.1) is 0 Å². The SMILES string of the molecule is NC1(c2cc(C(F)(F)F)ccc2Cl)CNC1. The van der Waals surface area contributed by atoms with Crippen molar-refractivity contribution in [3.05, 3.63) is 34.3 Å². The fraction of sp³-hybridized carbons (Fsp3) is 0.400. The number of hydrogen-bond donors (Lipinski definition) is 2. The summed E-state index contributed by atoms with van der Waals surface area (Å²) in [6.45, 7) is 0.877. The summed E-state index contributed by atoms with van der Waals surface area (Å²) in [7, 11) is 0. The molecule has 0 unspecified atom stereocenters. The summed E-state index contributed by atoms with van der Waals surface area (Å²) in [6.07, 6.45) is -4.37. The van der Waals surface area contributed by atoms with Crippen LogP contribution in [0.1, 0.15) is 11.1 Å². The van der Waals surface area contributed by atoms with Gasteiger partial charge in [-0.2, -0.15) is 13.2 Å². The Bertz CT molecular complexity index is 413. The van der Waals surface area contributed by atoms with E-state index in [9.17, 15) is 13.2 Å². The highest BCUT2D eigenvalue weighted by molar-refractivity contribution is 6.31. The van der Waals surface area contributed by atoms with E-state index in [1.54, 1.807) is 0 Å². The molecular weight excluding hydrogens is 241 g/mol. The molecule has 0 spiro atoms. The molecular formula is C10H10ClF3N2. The van der Waals surface area contributed by atoms with Gasteiger partial charge in [0.1, 0.15) is 0 Å². The van der Waals surface area contributed by atoms with Gasteiger partial charge in [-0.05, 0) is 23.8 Å². The normalized spacial score (nSPS) is 19.3. The molecule has 0 amide bonds. The number of nitrogens with one attached hydrogen (secondary N) is 1. The smallest absolute Gasteiger partial charge is 0.319 e. The summed E-state index contributed by atoms with van der Waals surface area (Å²) in [5.74, 6) is 0. The Morgan fingerprint density at radius 3 is 2.38 bits per heavy atom. The van der Waals surface area contributed by atoms with Crippen molar-refractivity contribution in [3.8, 4) is 0 Å². The molecule has 0 aromatic heterocycles. The van der Waals surface area contributed by atoms with E-state index in [0.717, 1.165) is 12.1 Å². The molecule has 0 atom stereocenters. The molecule has 0 saturated carbocycles. The number of rotatable bonds is 1. The lowest BCUT2D eigenvalue weighted by Crippen LogP contribution is -2.62. The van der Waals surface area contributed by atoms with Crippen LogP contribution in [-0.2, 0) is 11.7 Å². The maximum absolute atomic E-state index is 12.5. The molecule has 1 aliphatic rings. The Balaban J connectivity index is 2.45. The van der Waals surface area contributed by atoms with E-state index < -0.39 is 17.3 Å². The molecule has 3 N–H and O–H groups in total. The zero-order valence-corrected chi connectivity index (χ0v) is 8.99. The first-order valence-corrected chi connectivity index (χ1v) is 5.07. The number of halogens is 4. The van der Waals surface area contributed by atoms with Crippen molar-refractivity contribution < 1.29 is 13.2 Å². The van der Waals surface area contributed by atoms with Crippen LogP contribution in [0.15, 0.2) is 18.2 Å². The fourth-order valence-electron chi connectivity index (χ4n) is 1.67. The van der Waals surface area contributed by atoms with Gasteiger partial charge in [-0.3, -0.25) is 0 Å². The van der Waals surface area contributed by atoms with Gasteiger partial charge in [0.25, 0.3) is 0 Å². The van der Waals surface area contributed by atoms with E-state index in [4.69, 9.17) is 17.3 Å². The molecule has 1 aromatic carbocycles. The van der Waals surface area contributed by atoms with Gasteiger partial charge in [0, 0.05) is 18.1 Å². The first-order chi connectivity index (χ1) is 7.33. The quantitative estimate of drug-likeness (QED) is 0.801. The monoisotopic (exact) mass is 250 g/mol. The molecule has 1 heterocycles. The summed E-state index contributed by atoms with van der Waals surface area (Å²) < 4.78 is 37.5. The second kappa shape index (κ2) is 3.61. The predicted octanol–water partition coefficient (Wildman–Crippen LogP) is 2.12. The molecule has 2 nitrogen and oxygen atoms in total. The highest BCUT2D eigenvalue weighted by atomic mass is 35.5. The lowest BCUT2D eigenvalue weighted by molar-refractivity contribution is -0.137. The Morgan fingerprint density at radius 1 is 1.31 bits per heavy atom. The van der Waals surface area contributed by atoms with Crippen molar-refractivity contribution in [1.82, 2.24) is 5.32 Å². The van der Waals surface area contributed by atoms with E-state index >= 15 is 0 Å². The third kappa shape index (κ3) is 1.90. The van der Waals surface area contributed by atoms with Gasteiger partial charge < -0.3 is 11.1 Å². The molecule has 1 fully saturated rings. The Kier molecular flexibility index (Phi) is 2.64. The van der Waals surface area contributed by atoms with E-state index in [-0.39, 0.29) is 5.02 Å². The van der Waals surface area contributed by atoms with Crippen LogP contribution in [0, 0.1) is 0 Å². The van der Waals surface area contributed by atoms with Gasteiger partial charge >= 0.3 is 6.18 Å². The zero-order valence-electron chi connectivity index (χ0n) is 8.24. The molecule has 0 aliphatic carbocycles. The van der Waals surface area contributed by atoms with E-state index in [0.29, 0.717) is 18.7 Å². The minimum absolute atomic E-state index is 0.275. The van der Waals surface area contributed by atoms with Gasteiger partial charge in [-0.25, -0.2) is 0 Å². The topological polar surface area (TPSA) is 38.0 Å². The molecule has 16 heavy (non-hydrogen) atoms. The molecule has 1 aliphatic heterocycles. The molecule has 1 aromatic rings. The maximum Gasteiger partial charge on any atom is 0.416 e. The third-order valence-corrected chi connectivity index (χ3v) is 3.04. The summed E-state index contributed by atoms with van der Waals surface area (Å²) in [5.41, 5.74) is 4.77. The first-order valence-electron chi connectivity index (χ1n) is 4.70. The Labute approximate surface area is 95.6 Å². The van der Waals surface area contributed by atoms with E-state index in [1.807, 2.05) is 0 Å². The number of benzene rings is 1. The number of hydrogen-bond acceptors (Lipinski definition) is 2. The van der Waals surface area contributed by atoms with Gasteiger partial charge in [0.05, 0.1) is 11.1 Å². The van der Waals surface area contributed by atoms with Crippen molar-refractivity contribution in [2.75, 3.05) is 13.1 Å². The van der Waals surface area contributed by atoms with Crippen molar-refractivity contribution >= 4 is 11.6 Å². The number of alkyl halides is 3. The standard InChI is InChI=1S/C10H10ClF3N2/c11-8-2-1-6(10(12,13)14)3-7(8)9(15)4-16-5-9/h1-3,16H,4-5,15H2. The van der Waals surface area contributed by atoms with Crippen LogP contribution >= 0.6 is 11.6 Å². The summed E-state index contributed by atoms with van der Waals surface area (Å²) in [6, 6.07) is 3.23. The minimum Gasteiger partial charge on any atom is -0.319 e. The van der Waals surface area contributed by atoms with Crippen LogP contribution < -0.4 is 11.1 Å². The average molecular weight is 251 g/mol. The van der Waals surface area contributed by atoms with Crippen LogP contribution in [0.25, 0.3) is 0 Å². The van der Waals surface area contributed by atoms with E-state index in [1.165, 1.54) is 6.07 Å². The van der Waals surface area contributed by atoms with Crippen molar-refractivity contribution in [3.63, 3.8) is 0 Å². The highest BCUT2D eigenvalue weighted by Gasteiger charge is 2.38. The number of nitrogens with two attached hydrogens (primary N) is 1. The molecule has 2 rings (SSSR count). The second-order valence-corrected chi connectivity index (χ2v) is 4.36. The summed E-state index contributed by atoms with van der Waals surface area (Å²) >= 11 is 5.87. The second-order valence-electron chi connectivity index (χ2n) is 3.95. The summed E-state index contributed by atoms with van der Waals surface area (Å²) in [4.78, 5) is 0. The molecule has 88 valence electrons. The van der Waals surface area contributed by atoms with Gasteiger partial charge in [-0.1, -0.05) is 11.6 Å². The van der Waals surface area contributed by atoms with Crippen molar-refractivity contribution in [2.24, 2.45) is 5.73 Å². The lowest BCUT2D eigenvalue weighted by atomic mass is 9.84. The first kappa shape index (κ1) is 11.7. The zero-order chi connectivity index (χ0) is 12.0. The molecule has 1 saturated heterocycles. The van der Waals surface area contributed by atoms with Crippen LogP contribution in [0.3, 0.4) is 0 Å². The van der Waals surface area contributed by atoms with Gasteiger partial charge in [0.2, 0.25) is 0 Å². The van der Waals surface area contributed by atoms with Crippen LogP contribution in [-0.4, -0.2) is 13.1 Å². The Morgan fingerprint density at radius 2 is 1.94 bits per heavy atom. The molecule has 0 radical (unpaired) electrons. The highest BCUT2D eigenvalue weighted by Crippen LogP contribution is 2.36. The van der Waals surface area contributed by atoms with Crippen LogP contribution in [0.2, 0.25) is 5.02 Å². The molecule has 0 bridgehead atoms. The summed E-state index contributed by atoms with van der Waals surface area (Å²) in [5, 5.41) is 3.20. The minimum atomic E-state index is -4.37. The largest absolute Gasteiger partial charge is 0.416 e. The van der Waals surface area contributed by atoms with Gasteiger partial charge in [0.15, 0.2) is 0 Å². The lowest BCUT2D eigenvalue weighted by Gasteiger charge is -2.40.